The summed E-state index contributed by atoms with van der Waals surface area (Å²) >= 11 is 0. The van der Waals surface area contributed by atoms with E-state index in [0.717, 1.165) is 44.8 Å². The van der Waals surface area contributed by atoms with E-state index in [0.29, 0.717) is 38.3 Å². The fourth-order valence-corrected chi connectivity index (χ4v) is 4.44. The quantitative estimate of drug-likeness (QED) is 0.289. The molecule has 0 atom stereocenters. The van der Waals surface area contributed by atoms with Gasteiger partial charge in [0.1, 0.15) is 5.82 Å². The third kappa shape index (κ3) is 5.54. The maximum atomic E-state index is 13.3. The molecule has 4 aromatic rings. The maximum Gasteiger partial charge on any atom is 0.251 e. The molecule has 0 aliphatic carbocycles. The minimum atomic E-state index is -0.239. The lowest BCUT2D eigenvalue weighted by Gasteiger charge is -2.13. The van der Waals surface area contributed by atoms with Gasteiger partial charge in [0.05, 0.1) is 13.2 Å². The number of amides is 1. The molecule has 0 spiro atoms. The molecule has 0 aliphatic heterocycles. The van der Waals surface area contributed by atoms with Crippen LogP contribution in [-0.2, 0) is 13.0 Å². The topological polar surface area (TPSA) is 52.5 Å². The van der Waals surface area contributed by atoms with Crippen LogP contribution in [0.2, 0.25) is 0 Å². The lowest BCUT2D eigenvalue weighted by atomic mass is 10.1. The first-order valence-electron chi connectivity index (χ1n) is 12.4. The van der Waals surface area contributed by atoms with Crippen molar-refractivity contribution in [1.29, 1.82) is 0 Å². The first kappa shape index (κ1) is 25.3. The highest BCUT2D eigenvalue weighted by Gasteiger charge is 2.15. The Morgan fingerprint density at radius 3 is 2.31 bits per heavy atom. The minimum absolute atomic E-state index is 0.101. The van der Waals surface area contributed by atoms with E-state index in [1.807, 2.05) is 50.2 Å². The number of rotatable bonds is 10. The number of ether oxygens (including phenoxy) is 2. The molecular weight excluding hydrogens is 455 g/mol. The predicted molar refractivity (Wildman–Crippen MR) is 142 cm³/mol. The van der Waals surface area contributed by atoms with Gasteiger partial charge in [-0.25, -0.2) is 4.39 Å². The molecular formula is C30H33FN2O3. The Labute approximate surface area is 211 Å². The van der Waals surface area contributed by atoms with E-state index in [9.17, 15) is 9.18 Å². The molecule has 188 valence electrons. The molecule has 0 radical (unpaired) electrons. The van der Waals surface area contributed by atoms with Crippen LogP contribution >= 0.6 is 0 Å². The van der Waals surface area contributed by atoms with Gasteiger partial charge in [-0.3, -0.25) is 4.79 Å². The summed E-state index contributed by atoms with van der Waals surface area (Å²) in [5.41, 5.74) is 6.06. The highest BCUT2D eigenvalue weighted by atomic mass is 19.1. The van der Waals surface area contributed by atoms with Gasteiger partial charge in [-0.05, 0) is 93.3 Å². The van der Waals surface area contributed by atoms with Crippen LogP contribution in [0.5, 0.6) is 11.5 Å². The van der Waals surface area contributed by atoms with E-state index >= 15 is 0 Å². The van der Waals surface area contributed by atoms with Crippen LogP contribution in [0.15, 0.2) is 60.7 Å². The Hall–Kier alpha value is -3.80. The van der Waals surface area contributed by atoms with Crippen molar-refractivity contribution < 1.29 is 18.7 Å². The van der Waals surface area contributed by atoms with E-state index in [1.54, 1.807) is 12.1 Å². The number of carbonyl (C=O) groups is 1. The highest BCUT2D eigenvalue weighted by molar-refractivity contribution is 5.99. The SMILES string of the molecule is CCOc1ccc(CCNC(=O)c2ccc3c(c2)c(C)c(C)n3Cc2ccc(F)cc2)cc1OCC. The summed E-state index contributed by atoms with van der Waals surface area (Å²) in [5.74, 6) is 1.12. The molecule has 6 heteroatoms. The fourth-order valence-electron chi connectivity index (χ4n) is 4.44. The van der Waals surface area contributed by atoms with Gasteiger partial charge in [0, 0.05) is 35.2 Å². The molecule has 5 nitrogen and oxygen atoms in total. The fraction of sp³-hybridized carbons (Fsp3) is 0.300. The van der Waals surface area contributed by atoms with E-state index in [2.05, 4.69) is 23.7 Å². The van der Waals surface area contributed by atoms with Crippen LogP contribution in [0, 0.1) is 19.7 Å². The van der Waals surface area contributed by atoms with E-state index in [-0.39, 0.29) is 11.7 Å². The Bertz CT molecular complexity index is 1360. The smallest absolute Gasteiger partial charge is 0.251 e. The summed E-state index contributed by atoms with van der Waals surface area (Å²) in [6, 6.07) is 18.3. The predicted octanol–water partition coefficient (Wildman–Crippen LogP) is 6.22. The summed E-state index contributed by atoms with van der Waals surface area (Å²) in [5, 5.41) is 4.09. The van der Waals surface area contributed by atoms with Crippen molar-refractivity contribution in [3.05, 3.63) is 94.4 Å². The molecule has 1 amide bonds. The number of hydrogen-bond acceptors (Lipinski definition) is 3. The van der Waals surface area contributed by atoms with Crippen molar-refractivity contribution >= 4 is 16.8 Å². The second-order valence-electron chi connectivity index (χ2n) is 8.81. The number of nitrogens with one attached hydrogen (secondary N) is 1. The number of aryl methyl sites for hydroxylation is 1. The lowest BCUT2D eigenvalue weighted by Crippen LogP contribution is -2.25. The van der Waals surface area contributed by atoms with Crippen molar-refractivity contribution in [1.82, 2.24) is 9.88 Å². The molecule has 36 heavy (non-hydrogen) atoms. The van der Waals surface area contributed by atoms with Crippen molar-refractivity contribution in [3.63, 3.8) is 0 Å². The van der Waals surface area contributed by atoms with Crippen LogP contribution in [0.1, 0.15) is 46.6 Å². The molecule has 4 rings (SSSR count). The largest absolute Gasteiger partial charge is 0.490 e. The monoisotopic (exact) mass is 488 g/mol. The van der Waals surface area contributed by atoms with Gasteiger partial charge in [-0.2, -0.15) is 0 Å². The molecule has 0 bridgehead atoms. The van der Waals surface area contributed by atoms with E-state index in [1.165, 1.54) is 12.1 Å². The highest BCUT2D eigenvalue weighted by Crippen LogP contribution is 2.29. The molecule has 1 heterocycles. The molecule has 1 N–H and O–H groups in total. The second-order valence-corrected chi connectivity index (χ2v) is 8.81. The summed E-state index contributed by atoms with van der Waals surface area (Å²) in [6.45, 7) is 10.3. The summed E-state index contributed by atoms with van der Waals surface area (Å²) in [7, 11) is 0. The lowest BCUT2D eigenvalue weighted by molar-refractivity contribution is 0.0954. The zero-order valence-corrected chi connectivity index (χ0v) is 21.4. The van der Waals surface area contributed by atoms with Gasteiger partial charge in [0.25, 0.3) is 5.91 Å². The molecule has 0 unspecified atom stereocenters. The summed E-state index contributed by atoms with van der Waals surface area (Å²) in [6.07, 6.45) is 0.687. The number of aromatic nitrogens is 1. The molecule has 0 saturated carbocycles. The third-order valence-corrected chi connectivity index (χ3v) is 6.46. The van der Waals surface area contributed by atoms with E-state index in [4.69, 9.17) is 9.47 Å². The molecule has 0 saturated heterocycles. The third-order valence-electron chi connectivity index (χ3n) is 6.46. The van der Waals surface area contributed by atoms with Crippen molar-refractivity contribution in [3.8, 4) is 11.5 Å². The average molecular weight is 489 g/mol. The summed E-state index contributed by atoms with van der Waals surface area (Å²) in [4.78, 5) is 12.9. The Balaban J connectivity index is 1.45. The van der Waals surface area contributed by atoms with E-state index < -0.39 is 0 Å². The Morgan fingerprint density at radius 1 is 0.889 bits per heavy atom. The molecule has 1 aromatic heterocycles. The first-order valence-corrected chi connectivity index (χ1v) is 12.4. The Kier molecular flexibility index (Phi) is 7.93. The standard InChI is InChI=1S/C30H33FN2O3/c1-5-35-28-14-9-22(17-29(28)36-6-2)15-16-32-30(34)24-10-13-27-26(18-24)20(3)21(4)33(27)19-23-7-11-25(31)12-8-23/h7-14,17-18H,5-6,15-16,19H2,1-4H3,(H,32,34). The zero-order valence-electron chi connectivity index (χ0n) is 21.4. The second kappa shape index (κ2) is 11.3. The van der Waals surface area contributed by atoms with Gasteiger partial charge in [-0.1, -0.05) is 18.2 Å². The van der Waals surface area contributed by atoms with Gasteiger partial charge >= 0.3 is 0 Å². The van der Waals surface area contributed by atoms with Gasteiger partial charge < -0.3 is 19.4 Å². The zero-order chi connectivity index (χ0) is 25.7. The van der Waals surface area contributed by atoms with Crippen LogP contribution in [0.3, 0.4) is 0 Å². The number of hydrogen-bond donors (Lipinski definition) is 1. The normalized spacial score (nSPS) is 11.0. The van der Waals surface area contributed by atoms with Gasteiger partial charge in [0.2, 0.25) is 0 Å². The molecule has 0 fully saturated rings. The van der Waals surface area contributed by atoms with Crippen molar-refractivity contribution in [2.75, 3.05) is 19.8 Å². The van der Waals surface area contributed by atoms with Crippen molar-refractivity contribution in [2.24, 2.45) is 0 Å². The minimum Gasteiger partial charge on any atom is -0.490 e. The maximum absolute atomic E-state index is 13.3. The number of benzene rings is 3. The van der Waals surface area contributed by atoms with Crippen LogP contribution < -0.4 is 14.8 Å². The number of fused-ring (bicyclic) bond motifs is 1. The summed E-state index contributed by atoms with van der Waals surface area (Å²) < 4.78 is 26.8. The van der Waals surface area contributed by atoms with Gasteiger partial charge in [-0.15, -0.1) is 0 Å². The van der Waals surface area contributed by atoms with Crippen LogP contribution in [0.25, 0.3) is 10.9 Å². The Morgan fingerprint density at radius 2 is 1.58 bits per heavy atom. The number of carbonyl (C=O) groups excluding carboxylic acids is 1. The van der Waals surface area contributed by atoms with Crippen molar-refractivity contribution in [2.45, 2.75) is 40.7 Å². The van der Waals surface area contributed by atoms with Gasteiger partial charge in [0.15, 0.2) is 11.5 Å². The number of nitrogens with zero attached hydrogens (tertiary/aromatic N) is 1. The average Bonchev–Trinajstić information content (AvgIpc) is 3.11. The molecule has 3 aromatic carbocycles. The van der Waals surface area contributed by atoms with Crippen LogP contribution in [0.4, 0.5) is 4.39 Å². The first-order chi connectivity index (χ1) is 17.4. The van der Waals surface area contributed by atoms with Crippen LogP contribution in [-0.4, -0.2) is 30.2 Å². The molecule has 0 aliphatic rings. The number of halogens is 1.